The van der Waals surface area contributed by atoms with Crippen molar-refractivity contribution in [3.05, 3.63) is 51.9 Å². The van der Waals surface area contributed by atoms with E-state index in [2.05, 4.69) is 20.1 Å². The van der Waals surface area contributed by atoms with Gasteiger partial charge < -0.3 is 14.3 Å². The highest BCUT2D eigenvalue weighted by atomic mass is 35.5. The lowest BCUT2D eigenvalue weighted by atomic mass is 10.2. The van der Waals surface area contributed by atoms with Gasteiger partial charge in [0.15, 0.2) is 18.1 Å². The molecule has 8 nitrogen and oxygen atoms in total. The minimum Gasteiger partial charge on any atom is -0.435 e. The van der Waals surface area contributed by atoms with Crippen LogP contribution >= 0.6 is 11.6 Å². The number of hydrogen-bond acceptors (Lipinski definition) is 6. The van der Waals surface area contributed by atoms with Crippen LogP contribution in [0.2, 0.25) is 5.02 Å². The van der Waals surface area contributed by atoms with Gasteiger partial charge in [0.05, 0.1) is 33.9 Å². The van der Waals surface area contributed by atoms with Crippen LogP contribution in [0.15, 0.2) is 29.4 Å². The van der Waals surface area contributed by atoms with Gasteiger partial charge in [-0.15, -0.1) is 13.2 Å². The first-order valence-corrected chi connectivity index (χ1v) is 9.90. The number of oxime groups is 1. The minimum atomic E-state index is -4.86. The molecule has 32 heavy (non-hydrogen) atoms. The molecule has 0 bridgehead atoms. The summed E-state index contributed by atoms with van der Waals surface area (Å²) in [7, 11) is 3.35. The molecule has 0 amide bonds. The fourth-order valence-corrected chi connectivity index (χ4v) is 3.28. The van der Waals surface area contributed by atoms with E-state index in [0.29, 0.717) is 28.4 Å². The van der Waals surface area contributed by atoms with Crippen LogP contribution in [-0.2, 0) is 32.0 Å². The van der Waals surface area contributed by atoms with Crippen LogP contribution in [0.4, 0.5) is 13.2 Å². The average molecular weight is 472 g/mol. The summed E-state index contributed by atoms with van der Waals surface area (Å²) in [6.07, 6.45) is -2.80. The van der Waals surface area contributed by atoms with E-state index in [4.69, 9.17) is 21.2 Å². The summed E-state index contributed by atoms with van der Waals surface area (Å²) >= 11 is 6.29. The van der Waals surface area contributed by atoms with E-state index in [1.165, 1.54) is 29.1 Å². The third-order valence-corrected chi connectivity index (χ3v) is 4.89. The molecule has 0 atom stereocenters. The Morgan fingerprint density at radius 3 is 2.44 bits per heavy atom. The Morgan fingerprint density at radius 1 is 1.12 bits per heavy atom. The molecule has 0 aliphatic heterocycles. The normalized spacial score (nSPS) is 11.9. The molecule has 12 heteroatoms. The third-order valence-electron chi connectivity index (χ3n) is 4.46. The van der Waals surface area contributed by atoms with Crippen molar-refractivity contribution < 1.29 is 27.5 Å². The summed E-state index contributed by atoms with van der Waals surface area (Å²) in [6.45, 7) is 3.73. The van der Waals surface area contributed by atoms with Crippen molar-refractivity contribution >= 4 is 17.8 Å². The lowest BCUT2D eigenvalue weighted by Gasteiger charge is -2.14. The fraction of sp³-hybridized carbons (Fsp3) is 0.350. The van der Waals surface area contributed by atoms with Gasteiger partial charge in [-0.25, -0.2) is 4.68 Å². The van der Waals surface area contributed by atoms with Gasteiger partial charge >= 0.3 is 6.36 Å². The molecule has 0 N–H and O–H groups in total. The van der Waals surface area contributed by atoms with Crippen LogP contribution in [0.1, 0.15) is 29.6 Å². The maximum atomic E-state index is 12.7. The summed E-state index contributed by atoms with van der Waals surface area (Å²) in [4.78, 5) is 5.36. The molecule has 0 aliphatic rings. The molecular weight excluding hydrogens is 451 g/mol. The van der Waals surface area contributed by atoms with Crippen molar-refractivity contribution in [1.29, 1.82) is 0 Å². The highest BCUT2D eigenvalue weighted by molar-refractivity contribution is 6.31. The van der Waals surface area contributed by atoms with E-state index in [1.54, 1.807) is 25.7 Å². The van der Waals surface area contributed by atoms with Crippen LogP contribution in [0.3, 0.4) is 0 Å². The highest BCUT2D eigenvalue weighted by Crippen LogP contribution is 2.36. The molecule has 0 spiro atoms. The van der Waals surface area contributed by atoms with Crippen LogP contribution in [0.25, 0.3) is 0 Å². The number of ether oxygens (including phenoxy) is 2. The van der Waals surface area contributed by atoms with Crippen molar-refractivity contribution in [3.8, 4) is 17.4 Å². The summed E-state index contributed by atoms with van der Waals surface area (Å²) in [5, 5.41) is 13.0. The van der Waals surface area contributed by atoms with E-state index in [9.17, 15) is 13.2 Å². The monoisotopic (exact) mass is 471 g/mol. The highest BCUT2D eigenvalue weighted by Gasteiger charge is 2.32. The molecule has 0 aliphatic carbocycles. The molecule has 2 aromatic heterocycles. The van der Waals surface area contributed by atoms with Crippen molar-refractivity contribution in [3.63, 3.8) is 0 Å². The predicted octanol–water partition coefficient (Wildman–Crippen LogP) is 4.92. The Hall–Kier alpha value is -3.21. The van der Waals surface area contributed by atoms with Gasteiger partial charge in [-0.1, -0.05) is 35.8 Å². The maximum Gasteiger partial charge on any atom is 0.573 e. The van der Waals surface area contributed by atoms with Gasteiger partial charge in [0, 0.05) is 14.1 Å². The first-order chi connectivity index (χ1) is 15.1. The molecular formula is C20H21ClF3N5O3. The number of hydrogen-bond donors (Lipinski definition) is 0. The molecule has 172 valence electrons. The van der Waals surface area contributed by atoms with Crippen molar-refractivity contribution in [2.45, 2.75) is 33.2 Å². The first kappa shape index (κ1) is 23.5. The fourth-order valence-electron chi connectivity index (χ4n) is 2.94. The van der Waals surface area contributed by atoms with Gasteiger partial charge in [-0.3, -0.25) is 4.68 Å². The summed E-state index contributed by atoms with van der Waals surface area (Å²) < 4.78 is 50.8. The van der Waals surface area contributed by atoms with Gasteiger partial charge in [-0.05, 0) is 25.5 Å². The summed E-state index contributed by atoms with van der Waals surface area (Å²) in [5.74, 6) is -0.437. The van der Waals surface area contributed by atoms with Crippen molar-refractivity contribution in [2.75, 3.05) is 0 Å². The second-order valence-electron chi connectivity index (χ2n) is 6.72. The van der Waals surface area contributed by atoms with Crippen molar-refractivity contribution in [1.82, 2.24) is 19.6 Å². The molecule has 3 rings (SSSR count). The Balaban J connectivity index is 1.79. The van der Waals surface area contributed by atoms with E-state index in [0.717, 1.165) is 11.8 Å². The smallest absolute Gasteiger partial charge is 0.435 e. The molecule has 0 fully saturated rings. The number of rotatable bonds is 8. The molecule has 2 heterocycles. The van der Waals surface area contributed by atoms with Gasteiger partial charge in [0.25, 0.3) is 0 Å². The zero-order chi connectivity index (χ0) is 23.5. The molecule has 1 aromatic carbocycles. The number of aromatic nitrogens is 4. The van der Waals surface area contributed by atoms with Crippen LogP contribution in [0, 0.1) is 6.92 Å². The Labute approximate surface area is 187 Å². The SMILES string of the molecule is CCc1nn(C)c(CO/N=C\c2c(C)nn(C)c2Oc2ccccc2OC(F)(F)F)c1Cl. The lowest BCUT2D eigenvalue weighted by Crippen LogP contribution is -2.17. The number of benzene rings is 1. The zero-order valence-electron chi connectivity index (χ0n) is 17.8. The topological polar surface area (TPSA) is 75.7 Å². The predicted molar refractivity (Wildman–Crippen MR) is 111 cm³/mol. The van der Waals surface area contributed by atoms with Gasteiger partial charge in [0.2, 0.25) is 5.88 Å². The van der Waals surface area contributed by atoms with Gasteiger partial charge in [-0.2, -0.15) is 10.2 Å². The maximum absolute atomic E-state index is 12.7. The van der Waals surface area contributed by atoms with Crippen LogP contribution in [-0.4, -0.2) is 32.1 Å². The molecule has 0 saturated heterocycles. The van der Waals surface area contributed by atoms with E-state index in [-0.39, 0.29) is 18.2 Å². The van der Waals surface area contributed by atoms with Gasteiger partial charge in [0.1, 0.15) is 0 Å². The Morgan fingerprint density at radius 2 is 1.81 bits per heavy atom. The minimum absolute atomic E-state index is 0.0800. The standard InChI is InChI=1S/C20H21ClF3N5O3/c1-5-14-18(21)15(28(3)27-14)11-30-25-10-13-12(2)26-29(4)19(13)31-16-8-6-7-9-17(16)32-20(22,23)24/h6-10H,5,11H2,1-4H3/b25-10-. The summed E-state index contributed by atoms with van der Waals surface area (Å²) in [5.41, 5.74) is 2.39. The second-order valence-corrected chi connectivity index (χ2v) is 7.09. The molecule has 0 radical (unpaired) electrons. The number of para-hydroxylation sites is 2. The molecule has 3 aromatic rings. The third kappa shape index (κ3) is 5.34. The van der Waals surface area contributed by atoms with E-state index >= 15 is 0 Å². The molecule has 0 unspecified atom stereocenters. The first-order valence-electron chi connectivity index (χ1n) is 9.52. The number of nitrogens with zero attached hydrogens (tertiary/aromatic N) is 5. The lowest BCUT2D eigenvalue weighted by molar-refractivity contribution is -0.275. The largest absolute Gasteiger partial charge is 0.573 e. The second kappa shape index (κ2) is 9.51. The number of halogens is 4. The van der Waals surface area contributed by atoms with Crippen LogP contribution in [0.5, 0.6) is 17.4 Å². The van der Waals surface area contributed by atoms with Crippen molar-refractivity contribution in [2.24, 2.45) is 19.3 Å². The Bertz CT molecular complexity index is 1120. The quantitative estimate of drug-likeness (QED) is 0.344. The van der Waals surface area contributed by atoms with Crippen LogP contribution < -0.4 is 9.47 Å². The Kier molecular flexibility index (Phi) is 6.97. The number of aryl methyl sites for hydroxylation is 4. The molecule has 0 saturated carbocycles. The van der Waals surface area contributed by atoms with E-state index < -0.39 is 12.1 Å². The van der Waals surface area contributed by atoms with E-state index in [1.807, 2.05) is 6.92 Å². The number of alkyl halides is 3. The summed E-state index contributed by atoms with van der Waals surface area (Å²) in [6, 6.07) is 5.45. The average Bonchev–Trinajstić information content (AvgIpc) is 3.14. The zero-order valence-corrected chi connectivity index (χ0v) is 18.5.